The van der Waals surface area contributed by atoms with Gasteiger partial charge in [0.2, 0.25) is 0 Å². The second-order valence-electron chi connectivity index (χ2n) is 5.39. The molecule has 0 spiro atoms. The summed E-state index contributed by atoms with van der Waals surface area (Å²) in [4.78, 5) is 12.0. The number of hydrazone groups is 1. The third kappa shape index (κ3) is 4.74. The summed E-state index contributed by atoms with van der Waals surface area (Å²) in [6.45, 7) is 3.75. The number of carbonyl (C=O) groups excluding carboxylic acids is 1. The zero-order chi connectivity index (χ0) is 17.5. The summed E-state index contributed by atoms with van der Waals surface area (Å²) < 4.78 is 5.08. The number of rotatable bonds is 6. The number of benzene rings is 2. The molecule has 24 heavy (non-hydrogen) atoms. The fraction of sp³-hybridized carbons (Fsp3) is 0.222. The van der Waals surface area contributed by atoms with Crippen molar-refractivity contribution >= 4 is 17.8 Å². The Morgan fingerprint density at radius 2 is 1.96 bits per heavy atom. The number of phenols is 1. The number of carbonyl (C=O) groups is 1. The molecule has 0 aliphatic carbocycles. The average molecular weight is 327 g/mol. The molecule has 2 aromatic rings. The molecule has 0 aromatic heterocycles. The second-order valence-corrected chi connectivity index (χ2v) is 5.39. The summed E-state index contributed by atoms with van der Waals surface area (Å²) in [5.41, 5.74) is 4.91. The zero-order valence-corrected chi connectivity index (χ0v) is 13.9. The van der Waals surface area contributed by atoms with Crippen LogP contribution in [0.5, 0.6) is 11.5 Å². The van der Waals surface area contributed by atoms with Crippen molar-refractivity contribution in [2.45, 2.75) is 19.9 Å². The minimum Gasteiger partial charge on any atom is -0.507 e. The molecule has 0 bridgehead atoms. The average Bonchev–Trinajstić information content (AvgIpc) is 2.58. The number of aryl methyl sites for hydroxylation is 1. The van der Waals surface area contributed by atoms with E-state index in [9.17, 15) is 9.90 Å². The molecule has 6 heteroatoms. The van der Waals surface area contributed by atoms with E-state index in [1.165, 1.54) is 19.4 Å². The van der Waals surface area contributed by atoms with Gasteiger partial charge in [-0.1, -0.05) is 17.7 Å². The molecular weight excluding hydrogens is 306 g/mol. The summed E-state index contributed by atoms with van der Waals surface area (Å²) in [5, 5.41) is 16.7. The van der Waals surface area contributed by atoms with Crippen molar-refractivity contribution in [1.82, 2.24) is 5.43 Å². The van der Waals surface area contributed by atoms with Crippen molar-refractivity contribution in [3.63, 3.8) is 0 Å². The monoisotopic (exact) mass is 327 g/mol. The summed E-state index contributed by atoms with van der Waals surface area (Å²) >= 11 is 0. The molecule has 1 unspecified atom stereocenters. The standard InChI is InChI=1S/C18H21N3O3/c1-12-4-6-15(7-5-12)20-13(2)18(23)21-19-11-14-10-16(24-3)8-9-17(14)22/h4-11,13,20,22H,1-3H3,(H,21,23)/b19-11+. The van der Waals surface area contributed by atoms with Crippen molar-refractivity contribution < 1.29 is 14.6 Å². The van der Waals surface area contributed by atoms with E-state index >= 15 is 0 Å². The molecule has 0 radical (unpaired) electrons. The number of ether oxygens (including phenoxy) is 1. The van der Waals surface area contributed by atoms with E-state index in [0.717, 1.165) is 11.3 Å². The highest BCUT2D eigenvalue weighted by Crippen LogP contribution is 2.20. The lowest BCUT2D eigenvalue weighted by atomic mass is 10.2. The minimum absolute atomic E-state index is 0.0552. The van der Waals surface area contributed by atoms with Crippen LogP contribution in [0.2, 0.25) is 0 Å². The molecule has 0 aliphatic heterocycles. The van der Waals surface area contributed by atoms with Gasteiger partial charge in [0.15, 0.2) is 0 Å². The maximum absolute atomic E-state index is 12.0. The predicted molar refractivity (Wildman–Crippen MR) is 94.7 cm³/mol. The summed E-state index contributed by atoms with van der Waals surface area (Å²) in [6, 6.07) is 12.1. The molecule has 126 valence electrons. The molecule has 0 saturated carbocycles. The van der Waals surface area contributed by atoms with Gasteiger partial charge < -0.3 is 15.2 Å². The predicted octanol–water partition coefficient (Wildman–Crippen LogP) is 2.66. The molecule has 0 saturated heterocycles. The largest absolute Gasteiger partial charge is 0.507 e. The van der Waals surface area contributed by atoms with E-state index in [1.54, 1.807) is 19.1 Å². The number of aromatic hydroxyl groups is 1. The fourth-order valence-corrected chi connectivity index (χ4v) is 1.99. The van der Waals surface area contributed by atoms with E-state index < -0.39 is 6.04 Å². The van der Waals surface area contributed by atoms with Crippen LogP contribution in [0.15, 0.2) is 47.6 Å². The van der Waals surface area contributed by atoms with Gasteiger partial charge in [-0.3, -0.25) is 4.79 Å². The van der Waals surface area contributed by atoms with Crippen molar-refractivity contribution in [3.05, 3.63) is 53.6 Å². The first-order valence-corrected chi connectivity index (χ1v) is 7.52. The van der Waals surface area contributed by atoms with Gasteiger partial charge in [-0.25, -0.2) is 5.43 Å². The van der Waals surface area contributed by atoms with Crippen LogP contribution in [-0.4, -0.2) is 30.4 Å². The number of nitrogens with zero attached hydrogens (tertiary/aromatic N) is 1. The Labute approximate surface area is 141 Å². The van der Waals surface area contributed by atoms with E-state index in [4.69, 9.17) is 4.74 Å². The highest BCUT2D eigenvalue weighted by molar-refractivity contribution is 5.88. The zero-order valence-electron chi connectivity index (χ0n) is 13.9. The van der Waals surface area contributed by atoms with Crippen molar-refractivity contribution in [2.75, 3.05) is 12.4 Å². The normalized spacial score (nSPS) is 12.0. The Kier molecular flexibility index (Phi) is 5.78. The molecular formula is C18H21N3O3. The molecule has 1 atom stereocenters. The highest BCUT2D eigenvalue weighted by Gasteiger charge is 2.11. The lowest BCUT2D eigenvalue weighted by molar-refractivity contribution is -0.121. The van der Waals surface area contributed by atoms with Crippen LogP contribution in [0.1, 0.15) is 18.1 Å². The lowest BCUT2D eigenvalue weighted by Gasteiger charge is -2.13. The van der Waals surface area contributed by atoms with Crippen LogP contribution in [0, 0.1) is 6.92 Å². The van der Waals surface area contributed by atoms with E-state index in [0.29, 0.717) is 11.3 Å². The SMILES string of the molecule is COc1ccc(O)c(/C=N/NC(=O)C(C)Nc2ccc(C)cc2)c1. The van der Waals surface area contributed by atoms with Gasteiger partial charge in [0.05, 0.1) is 13.3 Å². The van der Waals surface area contributed by atoms with Gasteiger partial charge in [-0.2, -0.15) is 5.10 Å². The van der Waals surface area contributed by atoms with Crippen LogP contribution in [0.4, 0.5) is 5.69 Å². The topological polar surface area (TPSA) is 83.0 Å². The first kappa shape index (κ1) is 17.3. The van der Waals surface area contributed by atoms with Crippen LogP contribution >= 0.6 is 0 Å². The Balaban J connectivity index is 1.93. The lowest BCUT2D eigenvalue weighted by Crippen LogP contribution is -2.34. The van der Waals surface area contributed by atoms with Gasteiger partial charge in [-0.05, 0) is 44.2 Å². The number of hydrogen-bond acceptors (Lipinski definition) is 5. The fourth-order valence-electron chi connectivity index (χ4n) is 1.99. The van der Waals surface area contributed by atoms with Gasteiger partial charge in [0.1, 0.15) is 17.5 Å². The Morgan fingerprint density at radius 3 is 2.62 bits per heavy atom. The summed E-state index contributed by atoms with van der Waals surface area (Å²) in [6.07, 6.45) is 1.37. The first-order valence-electron chi connectivity index (χ1n) is 7.52. The van der Waals surface area contributed by atoms with E-state index in [2.05, 4.69) is 15.8 Å². The molecule has 6 nitrogen and oxygen atoms in total. The minimum atomic E-state index is -0.455. The second kappa shape index (κ2) is 8.01. The number of methoxy groups -OCH3 is 1. The quantitative estimate of drug-likeness (QED) is 0.563. The molecule has 1 amide bonds. The van der Waals surface area contributed by atoms with Crippen LogP contribution in [-0.2, 0) is 4.79 Å². The van der Waals surface area contributed by atoms with Crippen molar-refractivity contribution in [1.29, 1.82) is 0 Å². The third-order valence-corrected chi connectivity index (χ3v) is 3.44. The summed E-state index contributed by atoms with van der Waals surface area (Å²) in [7, 11) is 1.54. The van der Waals surface area contributed by atoms with Crippen LogP contribution < -0.4 is 15.5 Å². The maximum atomic E-state index is 12.0. The van der Waals surface area contributed by atoms with Crippen LogP contribution in [0.25, 0.3) is 0 Å². The highest BCUT2D eigenvalue weighted by atomic mass is 16.5. The van der Waals surface area contributed by atoms with Crippen LogP contribution in [0.3, 0.4) is 0 Å². The molecule has 3 N–H and O–H groups in total. The Hall–Kier alpha value is -3.02. The molecule has 2 rings (SSSR count). The molecule has 0 aliphatic rings. The number of nitrogens with one attached hydrogen (secondary N) is 2. The number of phenolic OH excluding ortho intramolecular Hbond substituents is 1. The molecule has 0 fully saturated rings. The third-order valence-electron chi connectivity index (χ3n) is 3.44. The number of amides is 1. The van der Waals surface area contributed by atoms with Crippen molar-refractivity contribution in [3.8, 4) is 11.5 Å². The Morgan fingerprint density at radius 1 is 1.25 bits per heavy atom. The van der Waals surface area contributed by atoms with E-state index in [1.807, 2.05) is 31.2 Å². The first-order chi connectivity index (χ1) is 11.5. The number of anilines is 1. The Bertz CT molecular complexity index is 727. The number of hydrogen-bond donors (Lipinski definition) is 3. The van der Waals surface area contributed by atoms with Gasteiger partial charge >= 0.3 is 0 Å². The van der Waals surface area contributed by atoms with Gasteiger partial charge in [0.25, 0.3) is 5.91 Å². The summed E-state index contributed by atoms with van der Waals surface area (Å²) in [5.74, 6) is 0.365. The smallest absolute Gasteiger partial charge is 0.262 e. The molecule has 2 aromatic carbocycles. The van der Waals surface area contributed by atoms with Gasteiger partial charge in [-0.15, -0.1) is 0 Å². The maximum Gasteiger partial charge on any atom is 0.262 e. The van der Waals surface area contributed by atoms with E-state index in [-0.39, 0.29) is 11.7 Å². The van der Waals surface area contributed by atoms with Crippen molar-refractivity contribution in [2.24, 2.45) is 5.10 Å². The van der Waals surface area contributed by atoms with Gasteiger partial charge in [0, 0.05) is 11.3 Å². The molecule has 0 heterocycles.